The predicted molar refractivity (Wildman–Crippen MR) is 185 cm³/mol. The molecule has 0 radical (unpaired) electrons. The molecule has 1 aromatic carbocycles. The summed E-state index contributed by atoms with van der Waals surface area (Å²) in [6.45, 7) is 13.5. The van der Waals surface area contributed by atoms with E-state index in [-0.39, 0.29) is 30.8 Å². The molecule has 0 spiro atoms. The number of carbonyl (C=O) groups is 4. The molecule has 0 saturated heterocycles. The van der Waals surface area contributed by atoms with Gasteiger partial charge in [-0.05, 0) is 92.9 Å². The number of rotatable bonds is 5. The normalized spacial score (nSPS) is 27.5. The van der Waals surface area contributed by atoms with Crippen molar-refractivity contribution < 1.29 is 29.0 Å². The molecule has 11 nitrogen and oxygen atoms in total. The lowest BCUT2D eigenvalue weighted by molar-refractivity contribution is -0.134. The highest BCUT2D eigenvalue weighted by molar-refractivity contribution is 5.92. The standard InChI is InChI=1S/C37H57N5O6/c1-24(2)18-31-35(46)41-34(25(3)43)36(47)39-14-6-7-16-42(22-27-12-13-28-21-30(27)37(28,4)5)17-9-15-38-33(45)23-48-29-11-8-10-26(19-29)20-32(44)40-31/h8,10-12,19,24-25,28,30-31,34,43H,6-7,9,13-18,20-23H2,1-5H3,(H,38,45)(H,39,47)(H,40,44)(H,41,46)/t25-,28+,30+,31-,34+/m1/s1. The molecule has 266 valence electrons. The van der Waals surface area contributed by atoms with Crippen LogP contribution in [-0.4, -0.2) is 91.2 Å². The molecule has 0 unspecified atom stereocenters. The van der Waals surface area contributed by atoms with Gasteiger partial charge in [0.2, 0.25) is 17.7 Å². The zero-order chi connectivity index (χ0) is 34.8. The van der Waals surface area contributed by atoms with Crippen molar-refractivity contribution in [3.05, 3.63) is 41.5 Å². The first-order valence-electron chi connectivity index (χ1n) is 17.8. The van der Waals surface area contributed by atoms with Crippen molar-refractivity contribution in [2.24, 2.45) is 23.2 Å². The Balaban J connectivity index is 1.45. The van der Waals surface area contributed by atoms with Gasteiger partial charge in [0.15, 0.2) is 6.61 Å². The lowest BCUT2D eigenvalue weighted by Gasteiger charge is -2.57. The molecule has 1 heterocycles. The van der Waals surface area contributed by atoms with E-state index in [1.807, 2.05) is 13.8 Å². The Labute approximate surface area is 286 Å². The second-order valence-corrected chi connectivity index (χ2v) is 14.9. The average Bonchev–Trinajstić information content (AvgIpc) is 3.03. The molecule has 4 bridgehead atoms. The van der Waals surface area contributed by atoms with Crippen LogP contribution in [0.5, 0.6) is 5.75 Å². The number of aliphatic hydroxyl groups is 1. The fourth-order valence-electron chi connectivity index (χ4n) is 7.23. The quantitative estimate of drug-likeness (QED) is 0.303. The highest BCUT2D eigenvalue weighted by Crippen LogP contribution is 2.59. The van der Waals surface area contributed by atoms with Crippen molar-refractivity contribution in [1.82, 2.24) is 26.2 Å². The Bertz CT molecular complexity index is 1310. The number of nitrogens with zero attached hydrogens (tertiary/aromatic N) is 1. The summed E-state index contributed by atoms with van der Waals surface area (Å²) in [5.74, 6) is 0.403. The van der Waals surface area contributed by atoms with Gasteiger partial charge in [-0.1, -0.05) is 51.5 Å². The second kappa shape index (κ2) is 17.3. The van der Waals surface area contributed by atoms with E-state index in [1.54, 1.807) is 24.3 Å². The number of benzene rings is 1. The van der Waals surface area contributed by atoms with Gasteiger partial charge in [0, 0.05) is 26.2 Å². The van der Waals surface area contributed by atoms with Crippen LogP contribution in [0, 0.1) is 23.2 Å². The number of allylic oxidation sites excluding steroid dienone is 1. The molecule has 1 fully saturated rings. The molecule has 5 N–H and O–H groups in total. The summed E-state index contributed by atoms with van der Waals surface area (Å²) in [6.07, 6.45) is 6.47. The van der Waals surface area contributed by atoms with Gasteiger partial charge < -0.3 is 31.1 Å². The van der Waals surface area contributed by atoms with Crippen molar-refractivity contribution in [2.45, 2.75) is 97.8 Å². The van der Waals surface area contributed by atoms with E-state index in [0.29, 0.717) is 42.2 Å². The fraction of sp³-hybridized carbons (Fsp3) is 0.676. The number of carbonyl (C=O) groups excluding carboxylic acids is 4. The van der Waals surface area contributed by atoms with Gasteiger partial charge in [-0.3, -0.25) is 24.1 Å². The van der Waals surface area contributed by atoms with Gasteiger partial charge in [0.25, 0.3) is 5.91 Å². The Morgan fingerprint density at radius 3 is 2.42 bits per heavy atom. The topological polar surface area (TPSA) is 149 Å². The molecule has 1 aromatic rings. The molecule has 48 heavy (non-hydrogen) atoms. The van der Waals surface area contributed by atoms with E-state index in [1.165, 1.54) is 18.9 Å². The third-order valence-corrected chi connectivity index (χ3v) is 10.2. The summed E-state index contributed by atoms with van der Waals surface area (Å²) in [5.41, 5.74) is 2.53. The smallest absolute Gasteiger partial charge is 0.257 e. The van der Waals surface area contributed by atoms with Crippen LogP contribution in [0.4, 0.5) is 0 Å². The number of aliphatic hydroxyl groups excluding tert-OH is 1. The molecule has 1 saturated carbocycles. The van der Waals surface area contributed by atoms with Gasteiger partial charge in [-0.2, -0.15) is 0 Å². The first-order chi connectivity index (χ1) is 22.8. The minimum absolute atomic E-state index is 0.00217. The summed E-state index contributed by atoms with van der Waals surface area (Å²) < 4.78 is 5.74. The number of nitrogens with one attached hydrogen (secondary N) is 4. The molecular formula is C37H57N5O6. The van der Waals surface area contributed by atoms with Crippen molar-refractivity contribution in [1.29, 1.82) is 0 Å². The van der Waals surface area contributed by atoms with Crippen molar-refractivity contribution in [3.8, 4) is 5.75 Å². The number of hydrogen-bond acceptors (Lipinski definition) is 7. The van der Waals surface area contributed by atoms with E-state index >= 15 is 0 Å². The Morgan fingerprint density at radius 1 is 0.958 bits per heavy atom. The van der Waals surface area contributed by atoms with Crippen LogP contribution < -0.4 is 26.0 Å². The third-order valence-electron chi connectivity index (χ3n) is 10.2. The molecule has 3 aliphatic carbocycles. The minimum atomic E-state index is -1.15. The second-order valence-electron chi connectivity index (χ2n) is 14.9. The van der Waals surface area contributed by atoms with Gasteiger partial charge in [-0.25, -0.2) is 0 Å². The van der Waals surface area contributed by atoms with Crippen molar-refractivity contribution >= 4 is 23.6 Å². The molecule has 5 atom stereocenters. The minimum Gasteiger partial charge on any atom is -0.484 e. The van der Waals surface area contributed by atoms with Crippen LogP contribution in [-0.2, 0) is 25.6 Å². The number of amides is 4. The molecule has 5 rings (SSSR count). The van der Waals surface area contributed by atoms with E-state index in [2.05, 4.69) is 46.1 Å². The number of ether oxygens (including phenoxy) is 1. The summed E-state index contributed by atoms with van der Waals surface area (Å²) in [6, 6.07) is 4.94. The van der Waals surface area contributed by atoms with E-state index < -0.39 is 30.0 Å². The lowest BCUT2D eigenvalue weighted by Crippen LogP contribution is -2.57. The Hall–Kier alpha value is -3.44. The fourth-order valence-corrected chi connectivity index (χ4v) is 7.23. The molecule has 11 heteroatoms. The predicted octanol–water partition coefficient (Wildman–Crippen LogP) is 2.72. The summed E-state index contributed by atoms with van der Waals surface area (Å²) in [7, 11) is 0. The Kier molecular flexibility index (Phi) is 13.5. The number of hydrogen-bond donors (Lipinski definition) is 5. The Morgan fingerprint density at radius 2 is 1.71 bits per heavy atom. The van der Waals surface area contributed by atoms with E-state index in [9.17, 15) is 24.3 Å². The third kappa shape index (κ3) is 10.5. The summed E-state index contributed by atoms with van der Waals surface area (Å²) in [5, 5.41) is 21.8. The average molecular weight is 668 g/mol. The monoisotopic (exact) mass is 667 g/mol. The molecular weight excluding hydrogens is 610 g/mol. The molecule has 4 amide bonds. The van der Waals surface area contributed by atoms with E-state index in [4.69, 9.17) is 4.74 Å². The highest BCUT2D eigenvalue weighted by atomic mass is 16.5. The van der Waals surface area contributed by atoms with Crippen LogP contribution in [0.25, 0.3) is 0 Å². The highest BCUT2D eigenvalue weighted by Gasteiger charge is 2.51. The first-order valence-corrected chi connectivity index (χ1v) is 17.8. The maximum Gasteiger partial charge on any atom is 0.257 e. The maximum absolute atomic E-state index is 13.4. The van der Waals surface area contributed by atoms with Gasteiger partial charge in [0.05, 0.1) is 12.5 Å². The van der Waals surface area contributed by atoms with Crippen molar-refractivity contribution in [3.63, 3.8) is 0 Å². The summed E-state index contributed by atoms with van der Waals surface area (Å²) in [4.78, 5) is 54.5. The number of fused-ring (bicyclic) bond motifs is 3. The van der Waals surface area contributed by atoms with Crippen LogP contribution >= 0.6 is 0 Å². The van der Waals surface area contributed by atoms with Gasteiger partial charge in [-0.15, -0.1) is 0 Å². The van der Waals surface area contributed by atoms with Gasteiger partial charge >= 0.3 is 0 Å². The zero-order valence-corrected chi connectivity index (χ0v) is 29.5. The maximum atomic E-state index is 13.4. The first kappa shape index (κ1) is 37.4. The largest absolute Gasteiger partial charge is 0.484 e. The van der Waals surface area contributed by atoms with Crippen LogP contribution in [0.3, 0.4) is 0 Å². The lowest BCUT2D eigenvalue weighted by atomic mass is 9.49. The van der Waals surface area contributed by atoms with Crippen LogP contribution in [0.15, 0.2) is 35.9 Å². The SMILES string of the molecule is CC(C)C[C@H]1NC(=O)Cc2cccc(c2)OCC(=O)NCCCN(CC2=CC[C@H]3C[C@@H]2C3(C)C)CCCCNC(=O)[C@H]([C@@H](C)O)NC1=O. The zero-order valence-electron chi connectivity index (χ0n) is 29.5. The van der Waals surface area contributed by atoms with Crippen LogP contribution in [0.2, 0.25) is 0 Å². The van der Waals surface area contributed by atoms with Crippen molar-refractivity contribution in [2.75, 3.05) is 39.3 Å². The van der Waals surface area contributed by atoms with E-state index in [0.717, 1.165) is 51.2 Å². The molecule has 4 aliphatic rings. The molecule has 1 aliphatic heterocycles. The summed E-state index contributed by atoms with van der Waals surface area (Å²) >= 11 is 0. The van der Waals surface area contributed by atoms with Gasteiger partial charge in [0.1, 0.15) is 17.8 Å². The van der Waals surface area contributed by atoms with Crippen LogP contribution in [0.1, 0.15) is 78.7 Å². The molecule has 0 aromatic heterocycles.